The lowest BCUT2D eigenvalue weighted by molar-refractivity contribution is 0.0942. The van der Waals surface area contributed by atoms with Crippen LogP contribution in [-0.4, -0.2) is 42.0 Å². The molecular formula is C14H21BrN2S. The standard InChI is InChI=1S/C14H21BrN2S/c15-13-5-10-18-14(13)11-16-6-8-17(9-7-16)12-3-1-2-4-12/h5,10,12H,1-4,6-9,11H2. The number of nitrogens with zero attached hydrogens (tertiary/aromatic N) is 2. The lowest BCUT2D eigenvalue weighted by Gasteiger charge is -2.38. The Morgan fingerprint density at radius 3 is 2.50 bits per heavy atom. The lowest BCUT2D eigenvalue weighted by atomic mass is 10.2. The number of rotatable bonds is 3. The van der Waals surface area contributed by atoms with Gasteiger partial charge in [-0.3, -0.25) is 9.80 Å². The second kappa shape index (κ2) is 6.04. The molecule has 2 heterocycles. The molecule has 1 aliphatic heterocycles. The third kappa shape index (κ3) is 2.98. The maximum atomic E-state index is 3.63. The van der Waals surface area contributed by atoms with E-state index in [2.05, 4.69) is 37.2 Å². The maximum Gasteiger partial charge on any atom is 0.0340 e. The Labute approximate surface area is 122 Å². The number of halogens is 1. The third-order valence-corrected chi connectivity index (χ3v) is 6.22. The third-order valence-electron chi connectivity index (χ3n) is 4.31. The van der Waals surface area contributed by atoms with Crippen LogP contribution in [-0.2, 0) is 6.54 Å². The first kappa shape index (κ1) is 13.1. The van der Waals surface area contributed by atoms with Gasteiger partial charge < -0.3 is 0 Å². The van der Waals surface area contributed by atoms with Crippen LogP contribution in [0.3, 0.4) is 0 Å². The Hall–Kier alpha value is 0.1000. The van der Waals surface area contributed by atoms with Gasteiger partial charge in [-0.25, -0.2) is 0 Å². The van der Waals surface area contributed by atoms with Crippen LogP contribution in [0, 0.1) is 0 Å². The molecule has 1 saturated heterocycles. The molecule has 0 bridgehead atoms. The summed E-state index contributed by atoms with van der Waals surface area (Å²) < 4.78 is 1.28. The van der Waals surface area contributed by atoms with Crippen molar-refractivity contribution >= 4 is 27.3 Å². The molecule has 100 valence electrons. The van der Waals surface area contributed by atoms with Gasteiger partial charge in [-0.2, -0.15) is 0 Å². The van der Waals surface area contributed by atoms with Crippen molar-refractivity contribution in [2.24, 2.45) is 0 Å². The van der Waals surface area contributed by atoms with Crippen molar-refractivity contribution in [1.82, 2.24) is 9.80 Å². The Bertz CT molecular complexity index is 379. The average Bonchev–Trinajstić information content (AvgIpc) is 3.03. The van der Waals surface area contributed by atoms with E-state index >= 15 is 0 Å². The van der Waals surface area contributed by atoms with Gasteiger partial charge in [-0.15, -0.1) is 11.3 Å². The number of hydrogen-bond acceptors (Lipinski definition) is 3. The van der Waals surface area contributed by atoms with Gasteiger partial charge in [0.2, 0.25) is 0 Å². The molecule has 2 nitrogen and oxygen atoms in total. The SMILES string of the molecule is Brc1ccsc1CN1CCN(C2CCCC2)CC1. The van der Waals surface area contributed by atoms with Crippen molar-refractivity contribution < 1.29 is 0 Å². The summed E-state index contributed by atoms with van der Waals surface area (Å²) in [6.07, 6.45) is 5.78. The summed E-state index contributed by atoms with van der Waals surface area (Å²) in [6.45, 7) is 6.14. The van der Waals surface area contributed by atoms with E-state index in [9.17, 15) is 0 Å². The van der Waals surface area contributed by atoms with Crippen LogP contribution in [0.5, 0.6) is 0 Å². The predicted molar refractivity (Wildman–Crippen MR) is 81.1 cm³/mol. The molecule has 0 radical (unpaired) electrons. The van der Waals surface area contributed by atoms with Gasteiger partial charge in [0.15, 0.2) is 0 Å². The van der Waals surface area contributed by atoms with Crippen LogP contribution in [0.2, 0.25) is 0 Å². The molecule has 0 atom stereocenters. The van der Waals surface area contributed by atoms with Crippen molar-refractivity contribution in [2.75, 3.05) is 26.2 Å². The summed E-state index contributed by atoms with van der Waals surface area (Å²) in [6, 6.07) is 3.06. The Morgan fingerprint density at radius 1 is 1.17 bits per heavy atom. The van der Waals surface area contributed by atoms with Crippen molar-refractivity contribution in [3.05, 3.63) is 20.8 Å². The minimum absolute atomic E-state index is 0.903. The molecule has 1 aliphatic carbocycles. The zero-order valence-electron chi connectivity index (χ0n) is 10.8. The summed E-state index contributed by atoms with van der Waals surface area (Å²) >= 11 is 5.50. The van der Waals surface area contributed by atoms with Crippen LogP contribution in [0.25, 0.3) is 0 Å². The van der Waals surface area contributed by atoms with E-state index in [1.54, 1.807) is 0 Å². The minimum atomic E-state index is 0.903. The van der Waals surface area contributed by atoms with Crippen LogP contribution < -0.4 is 0 Å². The molecule has 2 fully saturated rings. The largest absolute Gasteiger partial charge is 0.298 e. The summed E-state index contributed by atoms with van der Waals surface area (Å²) in [5.41, 5.74) is 0. The highest BCUT2D eigenvalue weighted by Gasteiger charge is 2.26. The molecule has 2 aliphatic rings. The minimum Gasteiger partial charge on any atom is -0.298 e. The van der Waals surface area contributed by atoms with Crippen LogP contribution in [0.15, 0.2) is 15.9 Å². The molecule has 18 heavy (non-hydrogen) atoms. The Kier molecular flexibility index (Phi) is 4.39. The summed E-state index contributed by atoms with van der Waals surface area (Å²) in [5, 5.41) is 2.17. The van der Waals surface area contributed by atoms with Gasteiger partial charge in [0, 0.05) is 48.1 Å². The van der Waals surface area contributed by atoms with E-state index in [1.807, 2.05) is 11.3 Å². The zero-order valence-corrected chi connectivity index (χ0v) is 13.2. The highest BCUT2D eigenvalue weighted by molar-refractivity contribution is 9.10. The highest BCUT2D eigenvalue weighted by atomic mass is 79.9. The smallest absolute Gasteiger partial charge is 0.0340 e. The molecular weight excluding hydrogens is 308 g/mol. The van der Waals surface area contributed by atoms with Gasteiger partial charge in [0.25, 0.3) is 0 Å². The summed E-state index contributed by atoms with van der Waals surface area (Å²) in [7, 11) is 0. The number of thiophene rings is 1. The van der Waals surface area contributed by atoms with Crippen LogP contribution in [0.4, 0.5) is 0 Å². The molecule has 1 aromatic heterocycles. The summed E-state index contributed by atoms with van der Waals surface area (Å²) in [4.78, 5) is 6.80. The number of piperazine rings is 1. The van der Waals surface area contributed by atoms with E-state index in [4.69, 9.17) is 0 Å². The van der Waals surface area contributed by atoms with Gasteiger partial charge in [0.05, 0.1) is 0 Å². The molecule has 0 N–H and O–H groups in total. The van der Waals surface area contributed by atoms with E-state index < -0.39 is 0 Å². The monoisotopic (exact) mass is 328 g/mol. The van der Waals surface area contributed by atoms with Crippen molar-refractivity contribution in [1.29, 1.82) is 0 Å². The van der Waals surface area contributed by atoms with Gasteiger partial charge in [-0.1, -0.05) is 12.8 Å². The molecule has 0 unspecified atom stereocenters. The number of hydrogen-bond donors (Lipinski definition) is 0. The van der Waals surface area contributed by atoms with Crippen LogP contribution in [0.1, 0.15) is 30.6 Å². The fourth-order valence-corrected chi connectivity index (χ4v) is 4.72. The predicted octanol–water partition coefficient (Wildman–Crippen LogP) is 3.57. The van der Waals surface area contributed by atoms with Gasteiger partial charge in [0.1, 0.15) is 0 Å². The Balaban J connectivity index is 1.49. The summed E-state index contributed by atoms with van der Waals surface area (Å²) in [5.74, 6) is 0. The Morgan fingerprint density at radius 2 is 1.89 bits per heavy atom. The highest BCUT2D eigenvalue weighted by Crippen LogP contribution is 2.27. The second-order valence-electron chi connectivity index (χ2n) is 5.44. The van der Waals surface area contributed by atoms with E-state index in [0.29, 0.717) is 0 Å². The molecule has 1 saturated carbocycles. The average molecular weight is 329 g/mol. The van der Waals surface area contributed by atoms with E-state index in [0.717, 1.165) is 12.6 Å². The maximum absolute atomic E-state index is 3.63. The second-order valence-corrected chi connectivity index (χ2v) is 7.30. The van der Waals surface area contributed by atoms with E-state index in [1.165, 1.54) is 61.2 Å². The molecule has 0 aromatic carbocycles. The first-order valence-corrected chi connectivity index (χ1v) is 8.68. The fraction of sp³-hybridized carbons (Fsp3) is 0.714. The first-order valence-electron chi connectivity index (χ1n) is 7.01. The normalized spacial score (nSPS) is 23.8. The van der Waals surface area contributed by atoms with Gasteiger partial charge in [-0.05, 0) is 40.2 Å². The van der Waals surface area contributed by atoms with E-state index in [-0.39, 0.29) is 0 Å². The van der Waals surface area contributed by atoms with Crippen molar-refractivity contribution in [3.63, 3.8) is 0 Å². The molecule has 0 spiro atoms. The molecule has 3 rings (SSSR count). The topological polar surface area (TPSA) is 6.48 Å². The van der Waals surface area contributed by atoms with Crippen LogP contribution >= 0.6 is 27.3 Å². The first-order chi connectivity index (χ1) is 8.83. The van der Waals surface area contributed by atoms with Crippen molar-refractivity contribution in [3.8, 4) is 0 Å². The van der Waals surface area contributed by atoms with Gasteiger partial charge >= 0.3 is 0 Å². The fourth-order valence-electron chi connectivity index (χ4n) is 3.20. The quantitative estimate of drug-likeness (QED) is 0.836. The molecule has 1 aromatic rings. The molecule has 4 heteroatoms. The zero-order chi connectivity index (χ0) is 12.4. The lowest BCUT2D eigenvalue weighted by Crippen LogP contribution is -2.49. The van der Waals surface area contributed by atoms with Crippen molar-refractivity contribution in [2.45, 2.75) is 38.3 Å². The molecule has 0 amide bonds.